The Kier molecular flexibility index (Phi) is 4.97. The summed E-state index contributed by atoms with van der Waals surface area (Å²) >= 11 is 0. The minimum Gasteiger partial charge on any atom is -0.341 e. The molecule has 0 aliphatic carbocycles. The second-order valence-corrected chi connectivity index (χ2v) is 5.47. The molecule has 19 heavy (non-hydrogen) atoms. The van der Waals surface area contributed by atoms with Gasteiger partial charge >= 0.3 is 0 Å². The van der Waals surface area contributed by atoms with Crippen molar-refractivity contribution in [1.29, 1.82) is 0 Å². The van der Waals surface area contributed by atoms with E-state index in [2.05, 4.69) is 35.6 Å². The standard InChI is InChI=1S/C16H24N2O/c1-13(17-2)16(19)18-10-8-15(9-11-18)12-14-6-4-3-5-7-14/h3-7,13,15,17H,8-12H2,1-2H3. The van der Waals surface area contributed by atoms with Crippen LogP contribution in [0, 0.1) is 5.92 Å². The number of carbonyl (C=O) groups excluding carboxylic acids is 1. The number of piperidine rings is 1. The Hall–Kier alpha value is -1.35. The number of hydrogen-bond acceptors (Lipinski definition) is 2. The molecule has 0 spiro atoms. The zero-order valence-electron chi connectivity index (χ0n) is 11.9. The summed E-state index contributed by atoms with van der Waals surface area (Å²) in [7, 11) is 1.84. The molecule has 1 aliphatic heterocycles. The number of carbonyl (C=O) groups is 1. The zero-order valence-corrected chi connectivity index (χ0v) is 11.9. The molecule has 3 nitrogen and oxygen atoms in total. The van der Waals surface area contributed by atoms with Gasteiger partial charge in [-0.1, -0.05) is 30.3 Å². The minimum atomic E-state index is -0.0642. The zero-order chi connectivity index (χ0) is 13.7. The van der Waals surface area contributed by atoms with Gasteiger partial charge in [0.15, 0.2) is 0 Å². The lowest BCUT2D eigenvalue weighted by atomic mass is 9.90. The van der Waals surface area contributed by atoms with Crippen LogP contribution in [-0.2, 0) is 11.2 Å². The van der Waals surface area contributed by atoms with E-state index in [1.54, 1.807) is 0 Å². The van der Waals surface area contributed by atoms with Crippen LogP contribution in [0.2, 0.25) is 0 Å². The molecule has 1 unspecified atom stereocenters. The van der Waals surface area contributed by atoms with Gasteiger partial charge in [-0.15, -0.1) is 0 Å². The van der Waals surface area contributed by atoms with Crippen LogP contribution in [0.15, 0.2) is 30.3 Å². The van der Waals surface area contributed by atoms with Crippen LogP contribution in [0.4, 0.5) is 0 Å². The number of nitrogens with one attached hydrogen (secondary N) is 1. The normalized spacial score (nSPS) is 18.3. The Labute approximate surface area is 116 Å². The maximum atomic E-state index is 12.1. The van der Waals surface area contributed by atoms with E-state index < -0.39 is 0 Å². The Bertz CT molecular complexity index is 396. The van der Waals surface area contributed by atoms with Gasteiger partial charge in [0.2, 0.25) is 5.91 Å². The highest BCUT2D eigenvalue weighted by Crippen LogP contribution is 2.21. The first kappa shape index (κ1) is 14.1. The van der Waals surface area contributed by atoms with Crippen molar-refractivity contribution in [3.8, 4) is 0 Å². The molecule has 1 atom stereocenters. The maximum Gasteiger partial charge on any atom is 0.239 e. The summed E-state index contributed by atoms with van der Waals surface area (Å²) in [6, 6.07) is 10.6. The molecule has 2 rings (SSSR count). The van der Waals surface area contributed by atoms with E-state index in [1.807, 2.05) is 18.9 Å². The van der Waals surface area contributed by atoms with Crippen molar-refractivity contribution < 1.29 is 4.79 Å². The quantitative estimate of drug-likeness (QED) is 0.899. The van der Waals surface area contributed by atoms with Gasteiger partial charge in [0.1, 0.15) is 0 Å². The lowest BCUT2D eigenvalue weighted by Crippen LogP contribution is -2.47. The average molecular weight is 260 g/mol. The fraction of sp³-hybridized carbons (Fsp3) is 0.562. The lowest BCUT2D eigenvalue weighted by molar-refractivity contribution is -0.134. The second-order valence-electron chi connectivity index (χ2n) is 5.47. The first-order chi connectivity index (χ1) is 9.20. The molecule has 1 amide bonds. The molecule has 1 saturated heterocycles. The number of rotatable bonds is 4. The van der Waals surface area contributed by atoms with Gasteiger partial charge < -0.3 is 10.2 Å². The molecule has 0 saturated carbocycles. The molecule has 1 N–H and O–H groups in total. The Morgan fingerprint density at radius 3 is 2.53 bits per heavy atom. The van der Waals surface area contributed by atoms with Gasteiger partial charge in [-0.05, 0) is 44.7 Å². The van der Waals surface area contributed by atoms with Crippen molar-refractivity contribution >= 4 is 5.91 Å². The number of likely N-dealkylation sites (N-methyl/N-ethyl adjacent to an activating group) is 1. The predicted octanol–water partition coefficient (Wildman–Crippen LogP) is 2.08. The minimum absolute atomic E-state index is 0.0642. The second kappa shape index (κ2) is 6.71. The Balaban J connectivity index is 1.81. The Morgan fingerprint density at radius 2 is 1.95 bits per heavy atom. The molecule has 1 aliphatic rings. The number of hydrogen-bond donors (Lipinski definition) is 1. The molecule has 1 aromatic rings. The molecule has 1 aromatic carbocycles. The number of benzene rings is 1. The maximum absolute atomic E-state index is 12.1. The van der Waals surface area contributed by atoms with Gasteiger partial charge in [0.25, 0.3) is 0 Å². The van der Waals surface area contributed by atoms with Crippen LogP contribution >= 0.6 is 0 Å². The number of nitrogens with zero attached hydrogens (tertiary/aromatic N) is 1. The topological polar surface area (TPSA) is 32.3 Å². The van der Waals surface area contributed by atoms with E-state index in [1.165, 1.54) is 5.56 Å². The van der Waals surface area contributed by atoms with E-state index in [0.29, 0.717) is 0 Å². The average Bonchev–Trinajstić information content (AvgIpc) is 2.47. The first-order valence-corrected chi connectivity index (χ1v) is 7.20. The Morgan fingerprint density at radius 1 is 1.32 bits per heavy atom. The first-order valence-electron chi connectivity index (χ1n) is 7.20. The third-order valence-corrected chi connectivity index (χ3v) is 4.10. The summed E-state index contributed by atoms with van der Waals surface area (Å²) in [4.78, 5) is 14.1. The third kappa shape index (κ3) is 3.80. The van der Waals surface area contributed by atoms with E-state index in [-0.39, 0.29) is 11.9 Å². The molecule has 0 radical (unpaired) electrons. The van der Waals surface area contributed by atoms with E-state index in [9.17, 15) is 4.79 Å². The van der Waals surface area contributed by atoms with Gasteiger partial charge in [-0.3, -0.25) is 4.79 Å². The van der Waals surface area contributed by atoms with Crippen LogP contribution < -0.4 is 5.32 Å². The largest absolute Gasteiger partial charge is 0.341 e. The van der Waals surface area contributed by atoms with Crippen LogP contribution in [0.5, 0.6) is 0 Å². The summed E-state index contributed by atoms with van der Waals surface area (Å²) in [6.07, 6.45) is 3.39. The summed E-state index contributed by atoms with van der Waals surface area (Å²) in [5, 5.41) is 3.02. The van der Waals surface area contributed by atoms with E-state index in [0.717, 1.165) is 38.3 Å². The van der Waals surface area contributed by atoms with E-state index in [4.69, 9.17) is 0 Å². The lowest BCUT2D eigenvalue weighted by Gasteiger charge is -2.33. The predicted molar refractivity (Wildman–Crippen MR) is 78.0 cm³/mol. The number of amides is 1. The van der Waals surface area contributed by atoms with Gasteiger partial charge in [-0.2, -0.15) is 0 Å². The van der Waals surface area contributed by atoms with Crippen LogP contribution in [0.1, 0.15) is 25.3 Å². The van der Waals surface area contributed by atoms with Gasteiger partial charge in [0.05, 0.1) is 6.04 Å². The molecular formula is C16H24N2O. The highest BCUT2D eigenvalue weighted by molar-refractivity contribution is 5.81. The van der Waals surface area contributed by atoms with Crippen molar-refractivity contribution in [2.24, 2.45) is 5.92 Å². The summed E-state index contributed by atoms with van der Waals surface area (Å²) in [6.45, 7) is 3.74. The molecule has 104 valence electrons. The molecule has 3 heteroatoms. The van der Waals surface area contributed by atoms with Gasteiger partial charge in [0, 0.05) is 13.1 Å². The van der Waals surface area contributed by atoms with Crippen LogP contribution in [0.3, 0.4) is 0 Å². The highest BCUT2D eigenvalue weighted by atomic mass is 16.2. The summed E-state index contributed by atoms with van der Waals surface area (Å²) in [5.74, 6) is 0.956. The molecule has 1 heterocycles. The molecular weight excluding hydrogens is 236 g/mol. The summed E-state index contributed by atoms with van der Waals surface area (Å²) < 4.78 is 0. The van der Waals surface area contributed by atoms with Crippen molar-refractivity contribution in [3.63, 3.8) is 0 Å². The fourth-order valence-electron chi connectivity index (χ4n) is 2.70. The van der Waals surface area contributed by atoms with Crippen LogP contribution in [-0.4, -0.2) is 37.0 Å². The van der Waals surface area contributed by atoms with Crippen molar-refractivity contribution in [3.05, 3.63) is 35.9 Å². The fourth-order valence-corrected chi connectivity index (χ4v) is 2.70. The molecule has 0 bridgehead atoms. The number of likely N-dealkylation sites (tertiary alicyclic amines) is 1. The smallest absolute Gasteiger partial charge is 0.239 e. The van der Waals surface area contributed by atoms with Gasteiger partial charge in [-0.25, -0.2) is 0 Å². The monoisotopic (exact) mass is 260 g/mol. The van der Waals surface area contributed by atoms with Crippen molar-refractivity contribution in [2.45, 2.75) is 32.2 Å². The summed E-state index contributed by atoms with van der Waals surface area (Å²) in [5.41, 5.74) is 1.41. The van der Waals surface area contributed by atoms with Crippen LogP contribution in [0.25, 0.3) is 0 Å². The van der Waals surface area contributed by atoms with E-state index >= 15 is 0 Å². The van der Waals surface area contributed by atoms with Crippen molar-refractivity contribution in [2.75, 3.05) is 20.1 Å². The third-order valence-electron chi connectivity index (χ3n) is 4.10. The highest BCUT2D eigenvalue weighted by Gasteiger charge is 2.25. The molecule has 0 aromatic heterocycles. The molecule has 1 fully saturated rings. The van der Waals surface area contributed by atoms with Crippen molar-refractivity contribution in [1.82, 2.24) is 10.2 Å². The SMILES string of the molecule is CNC(C)C(=O)N1CCC(Cc2ccccc2)CC1.